The zero-order chi connectivity index (χ0) is 19.5. The van der Waals surface area contributed by atoms with Crippen LogP contribution in [-0.2, 0) is 14.0 Å². The summed E-state index contributed by atoms with van der Waals surface area (Å²) >= 11 is 0. The zero-order valence-electron chi connectivity index (χ0n) is 17.5. The summed E-state index contributed by atoms with van der Waals surface area (Å²) in [5.74, 6) is 0.151. The first-order valence-corrected chi connectivity index (χ1v) is 12.9. The van der Waals surface area contributed by atoms with E-state index in [9.17, 15) is 9.59 Å². The third-order valence-electron chi connectivity index (χ3n) is 6.12. The normalized spacial score (nSPS) is 25.2. The zero-order valence-corrected chi connectivity index (χ0v) is 18.5. The minimum absolute atomic E-state index is 0.144. The molecule has 0 radical (unpaired) electrons. The lowest BCUT2D eigenvalue weighted by Crippen LogP contribution is -2.72. The highest BCUT2D eigenvalue weighted by atomic mass is 28.4. The molecule has 2 amide bonds. The Labute approximate surface area is 159 Å². The molecule has 0 bridgehead atoms. The number of ether oxygens (including phenoxy) is 1. The van der Waals surface area contributed by atoms with Gasteiger partial charge in [-0.3, -0.25) is 4.79 Å². The Hall–Kier alpha value is -0.883. The summed E-state index contributed by atoms with van der Waals surface area (Å²) in [4.78, 5) is 26.9. The van der Waals surface area contributed by atoms with Crippen molar-refractivity contribution in [1.29, 1.82) is 0 Å². The molecule has 0 N–H and O–H groups in total. The number of hydrogen-bond acceptors (Lipinski definition) is 4. The number of carbonyl (C=O) groups is 2. The van der Waals surface area contributed by atoms with Gasteiger partial charge in [0.2, 0.25) is 0 Å². The molecule has 26 heavy (non-hydrogen) atoms. The Morgan fingerprint density at radius 1 is 1.08 bits per heavy atom. The SMILES string of the molecule is CC[Si](CC)(CC)O[C@@H]1C(=O)N(C(=O)OC(C)(C)C)[C@@H]1C1CCCCC1. The number of likely N-dealkylation sites (tertiary alicyclic amines) is 1. The second-order valence-corrected chi connectivity index (χ2v) is 13.6. The van der Waals surface area contributed by atoms with Crippen LogP contribution in [0.4, 0.5) is 4.79 Å². The summed E-state index contributed by atoms with van der Waals surface area (Å²) in [7, 11) is -1.91. The van der Waals surface area contributed by atoms with E-state index in [0.717, 1.165) is 31.0 Å². The van der Waals surface area contributed by atoms with Gasteiger partial charge >= 0.3 is 6.09 Å². The van der Waals surface area contributed by atoms with Crippen molar-refractivity contribution in [2.45, 2.75) is 110 Å². The van der Waals surface area contributed by atoms with Crippen molar-refractivity contribution in [2.24, 2.45) is 5.92 Å². The maximum Gasteiger partial charge on any atom is 0.417 e. The molecule has 2 aliphatic rings. The second kappa shape index (κ2) is 8.42. The van der Waals surface area contributed by atoms with Crippen molar-refractivity contribution in [3.63, 3.8) is 0 Å². The molecule has 1 heterocycles. The third-order valence-corrected chi connectivity index (χ3v) is 10.7. The molecule has 1 aliphatic heterocycles. The van der Waals surface area contributed by atoms with E-state index < -0.39 is 26.1 Å². The van der Waals surface area contributed by atoms with Crippen molar-refractivity contribution in [1.82, 2.24) is 4.90 Å². The molecule has 6 heteroatoms. The lowest BCUT2D eigenvalue weighted by Gasteiger charge is -2.52. The van der Waals surface area contributed by atoms with Crippen LogP contribution >= 0.6 is 0 Å². The van der Waals surface area contributed by atoms with E-state index in [2.05, 4.69) is 20.8 Å². The molecule has 0 aromatic carbocycles. The van der Waals surface area contributed by atoms with Gasteiger partial charge in [0, 0.05) is 0 Å². The predicted molar refractivity (Wildman–Crippen MR) is 106 cm³/mol. The van der Waals surface area contributed by atoms with Crippen LogP contribution in [0.15, 0.2) is 0 Å². The smallest absolute Gasteiger partial charge is 0.417 e. The van der Waals surface area contributed by atoms with Crippen LogP contribution in [-0.4, -0.2) is 43.0 Å². The van der Waals surface area contributed by atoms with Gasteiger partial charge in [0.15, 0.2) is 8.32 Å². The highest BCUT2D eigenvalue weighted by molar-refractivity contribution is 6.73. The van der Waals surface area contributed by atoms with Crippen molar-refractivity contribution in [3.8, 4) is 0 Å². The quantitative estimate of drug-likeness (QED) is 0.473. The Kier molecular flexibility index (Phi) is 6.94. The molecule has 150 valence electrons. The summed E-state index contributed by atoms with van der Waals surface area (Å²) in [6.45, 7) is 12.0. The van der Waals surface area contributed by atoms with Gasteiger partial charge < -0.3 is 9.16 Å². The van der Waals surface area contributed by atoms with Crippen LogP contribution in [0, 0.1) is 5.92 Å². The van der Waals surface area contributed by atoms with Gasteiger partial charge in [0.25, 0.3) is 5.91 Å². The van der Waals surface area contributed by atoms with Crippen molar-refractivity contribution >= 4 is 20.3 Å². The molecule has 0 aromatic heterocycles. The number of amides is 2. The first-order chi connectivity index (χ1) is 12.2. The highest BCUT2D eigenvalue weighted by Gasteiger charge is 2.57. The minimum atomic E-state index is -1.91. The van der Waals surface area contributed by atoms with Crippen LogP contribution in [0.25, 0.3) is 0 Å². The van der Waals surface area contributed by atoms with E-state index in [1.54, 1.807) is 0 Å². The maximum absolute atomic E-state index is 12.9. The van der Waals surface area contributed by atoms with Gasteiger partial charge in [-0.15, -0.1) is 0 Å². The first kappa shape index (κ1) is 21.4. The number of nitrogens with zero attached hydrogens (tertiary/aromatic N) is 1. The fourth-order valence-electron chi connectivity index (χ4n) is 4.33. The van der Waals surface area contributed by atoms with E-state index in [0.29, 0.717) is 5.92 Å². The molecule has 0 aromatic rings. The molecular weight excluding hydrogens is 346 g/mol. The predicted octanol–water partition coefficient (Wildman–Crippen LogP) is 5.10. The minimum Gasteiger partial charge on any atom is -0.443 e. The van der Waals surface area contributed by atoms with Crippen LogP contribution in [0.5, 0.6) is 0 Å². The van der Waals surface area contributed by atoms with Crippen LogP contribution in [0.1, 0.15) is 73.6 Å². The van der Waals surface area contributed by atoms with Crippen LogP contribution in [0.3, 0.4) is 0 Å². The van der Waals surface area contributed by atoms with E-state index in [1.165, 1.54) is 24.2 Å². The number of rotatable bonds is 6. The number of imide groups is 1. The maximum atomic E-state index is 12.9. The third kappa shape index (κ3) is 4.50. The Morgan fingerprint density at radius 3 is 2.08 bits per heavy atom. The molecule has 0 spiro atoms. The summed E-state index contributed by atoms with van der Waals surface area (Å²) in [5, 5.41) is 0. The average Bonchev–Trinajstić information content (AvgIpc) is 2.60. The lowest BCUT2D eigenvalue weighted by molar-refractivity contribution is -0.167. The van der Waals surface area contributed by atoms with E-state index in [1.807, 2.05) is 20.8 Å². The Morgan fingerprint density at radius 2 is 1.62 bits per heavy atom. The van der Waals surface area contributed by atoms with Crippen molar-refractivity contribution in [2.75, 3.05) is 0 Å². The van der Waals surface area contributed by atoms with Gasteiger partial charge in [-0.25, -0.2) is 9.69 Å². The molecule has 1 saturated carbocycles. The van der Waals surface area contributed by atoms with Crippen LogP contribution < -0.4 is 0 Å². The van der Waals surface area contributed by atoms with Gasteiger partial charge in [0.1, 0.15) is 11.7 Å². The highest BCUT2D eigenvalue weighted by Crippen LogP contribution is 2.40. The second-order valence-electron chi connectivity index (χ2n) is 8.86. The molecule has 1 aliphatic carbocycles. The van der Waals surface area contributed by atoms with E-state index >= 15 is 0 Å². The van der Waals surface area contributed by atoms with E-state index in [-0.39, 0.29) is 11.9 Å². The molecule has 0 unspecified atom stereocenters. The first-order valence-electron chi connectivity index (χ1n) is 10.4. The Balaban J connectivity index is 2.21. The molecule has 5 nitrogen and oxygen atoms in total. The summed E-state index contributed by atoms with van der Waals surface area (Å²) < 4.78 is 12.1. The molecular formula is C20H37NO4Si. The number of hydrogen-bond donors (Lipinski definition) is 0. The van der Waals surface area contributed by atoms with Crippen LogP contribution in [0.2, 0.25) is 18.1 Å². The van der Waals surface area contributed by atoms with Gasteiger partial charge in [-0.2, -0.15) is 0 Å². The Bertz CT molecular complexity index is 498. The van der Waals surface area contributed by atoms with Crippen molar-refractivity contribution in [3.05, 3.63) is 0 Å². The van der Waals surface area contributed by atoms with Gasteiger partial charge in [-0.05, 0) is 57.7 Å². The number of carbonyl (C=O) groups excluding carboxylic acids is 2. The monoisotopic (exact) mass is 383 g/mol. The number of β-lactam (4-membered cyclic amide) rings is 1. The standard InChI is InChI=1S/C20H37NO4Si/c1-7-26(8-2,9-3)25-17-16(15-13-11-10-12-14-15)21(18(17)22)19(23)24-20(4,5)6/h15-17H,7-14H2,1-6H3/t16-,17+/m1/s1. The fraction of sp³-hybridized carbons (Fsp3) is 0.900. The van der Waals surface area contributed by atoms with Gasteiger partial charge in [0.05, 0.1) is 6.04 Å². The van der Waals surface area contributed by atoms with E-state index in [4.69, 9.17) is 9.16 Å². The fourth-order valence-corrected chi connectivity index (χ4v) is 7.11. The largest absolute Gasteiger partial charge is 0.443 e. The van der Waals surface area contributed by atoms with Crippen molar-refractivity contribution < 1.29 is 18.8 Å². The lowest BCUT2D eigenvalue weighted by atomic mass is 9.77. The molecule has 2 atom stereocenters. The summed E-state index contributed by atoms with van der Waals surface area (Å²) in [6.07, 6.45) is 4.76. The molecule has 1 saturated heterocycles. The molecule has 2 rings (SSSR count). The summed E-state index contributed by atoms with van der Waals surface area (Å²) in [5.41, 5.74) is -0.602. The topological polar surface area (TPSA) is 55.8 Å². The summed E-state index contributed by atoms with van der Waals surface area (Å²) in [6, 6.07) is 2.88. The molecule has 2 fully saturated rings. The van der Waals surface area contributed by atoms with Gasteiger partial charge in [-0.1, -0.05) is 40.0 Å². The average molecular weight is 384 g/mol.